The van der Waals surface area contributed by atoms with E-state index in [0.717, 1.165) is 28.1 Å². The van der Waals surface area contributed by atoms with Crippen molar-refractivity contribution in [3.05, 3.63) is 93.9 Å². The number of hydrogen-bond acceptors (Lipinski definition) is 2. The monoisotopic (exact) mass is 373 g/mol. The van der Waals surface area contributed by atoms with Crippen LogP contribution in [0.15, 0.2) is 71.5 Å². The highest BCUT2D eigenvalue weighted by atomic mass is 16.5. The van der Waals surface area contributed by atoms with Gasteiger partial charge in [0.15, 0.2) is 0 Å². The maximum Gasteiger partial charge on any atom is 0.364 e. The van der Waals surface area contributed by atoms with E-state index in [1.165, 1.54) is 20.5 Å². The Morgan fingerprint density at radius 3 is 2.39 bits per heavy atom. The van der Waals surface area contributed by atoms with Gasteiger partial charge in [-0.05, 0) is 54.3 Å². The Morgan fingerprint density at radius 1 is 0.929 bits per heavy atom. The normalized spacial score (nSPS) is 11.0. The molecule has 0 amide bonds. The fourth-order valence-corrected chi connectivity index (χ4v) is 3.40. The van der Waals surface area contributed by atoms with E-state index < -0.39 is 0 Å². The highest BCUT2D eigenvalue weighted by Crippen LogP contribution is 2.28. The van der Waals surface area contributed by atoms with Crippen LogP contribution in [-0.2, 0) is 13.7 Å². The van der Waals surface area contributed by atoms with Crippen LogP contribution in [0.3, 0.4) is 0 Å². The predicted octanol–water partition coefficient (Wildman–Crippen LogP) is 4.37. The van der Waals surface area contributed by atoms with Gasteiger partial charge in [0.2, 0.25) is 0 Å². The van der Waals surface area contributed by atoms with Crippen molar-refractivity contribution >= 4 is 0 Å². The number of H-pyrrole nitrogens is 1. The van der Waals surface area contributed by atoms with Gasteiger partial charge in [-0.3, -0.25) is 0 Å². The van der Waals surface area contributed by atoms with Gasteiger partial charge in [-0.1, -0.05) is 48.5 Å². The lowest BCUT2D eigenvalue weighted by Gasteiger charge is -2.19. The fraction of sp³-hybridized carbons (Fsp3) is 0.174. The second kappa shape index (κ2) is 7.27. The van der Waals surface area contributed by atoms with E-state index in [9.17, 15) is 4.79 Å². The Morgan fingerprint density at radius 2 is 1.71 bits per heavy atom. The third-order valence-corrected chi connectivity index (χ3v) is 5.02. The van der Waals surface area contributed by atoms with E-state index in [1.54, 1.807) is 7.05 Å². The number of nitrogens with zero attached hydrogens (tertiary/aromatic N) is 2. The molecule has 1 N–H and O–H groups in total. The first-order valence-corrected chi connectivity index (χ1v) is 9.26. The number of aromatic amines is 1. The molecule has 0 saturated carbocycles. The summed E-state index contributed by atoms with van der Waals surface area (Å²) in [5, 5.41) is 2.97. The SMILES string of the molecule is Cc1cc(OCc2c(C)cccc2-n2[nH]n(C)c2=O)ccc1-c1ccccc1. The zero-order valence-electron chi connectivity index (χ0n) is 16.3. The van der Waals surface area contributed by atoms with Gasteiger partial charge in [0.25, 0.3) is 0 Å². The minimum atomic E-state index is -0.0880. The van der Waals surface area contributed by atoms with Crippen molar-refractivity contribution in [3.8, 4) is 22.6 Å². The summed E-state index contributed by atoms with van der Waals surface area (Å²) in [6.07, 6.45) is 0. The number of rotatable bonds is 5. The first-order valence-electron chi connectivity index (χ1n) is 9.26. The molecule has 0 fully saturated rings. The number of aryl methyl sites for hydroxylation is 3. The number of nitrogens with one attached hydrogen (secondary N) is 1. The number of benzene rings is 3. The molecule has 1 heterocycles. The van der Waals surface area contributed by atoms with E-state index in [1.807, 2.05) is 49.4 Å². The first kappa shape index (κ1) is 17.9. The van der Waals surface area contributed by atoms with Crippen LogP contribution in [0.5, 0.6) is 5.75 Å². The van der Waals surface area contributed by atoms with E-state index in [-0.39, 0.29) is 5.69 Å². The van der Waals surface area contributed by atoms with Crippen LogP contribution < -0.4 is 10.4 Å². The summed E-state index contributed by atoms with van der Waals surface area (Å²) >= 11 is 0. The highest BCUT2D eigenvalue weighted by Gasteiger charge is 2.14. The molecule has 5 heteroatoms. The standard InChI is InChI=1S/C23H23N3O2/c1-16-8-7-11-22(26-23(27)25(3)24-26)21(16)15-28-19-12-13-20(17(2)14-19)18-9-5-4-6-10-18/h4-14,24H,15H2,1-3H3. The molecule has 0 atom stereocenters. The van der Waals surface area contributed by atoms with Gasteiger partial charge in [0.05, 0.1) is 5.69 Å². The fourth-order valence-electron chi connectivity index (χ4n) is 3.40. The quantitative estimate of drug-likeness (QED) is 0.565. The largest absolute Gasteiger partial charge is 0.489 e. The zero-order valence-corrected chi connectivity index (χ0v) is 16.3. The Kier molecular flexibility index (Phi) is 4.65. The minimum Gasteiger partial charge on any atom is -0.489 e. The number of hydrogen-bond donors (Lipinski definition) is 1. The lowest BCUT2D eigenvalue weighted by Crippen LogP contribution is -2.40. The Balaban J connectivity index is 1.58. The molecule has 4 rings (SSSR count). The number of aromatic nitrogens is 3. The summed E-state index contributed by atoms with van der Waals surface area (Å²) in [4.78, 5) is 12.1. The molecule has 142 valence electrons. The van der Waals surface area contributed by atoms with Gasteiger partial charge in [0, 0.05) is 12.6 Å². The van der Waals surface area contributed by atoms with Gasteiger partial charge in [0.1, 0.15) is 12.4 Å². The predicted molar refractivity (Wildman–Crippen MR) is 111 cm³/mol. The molecule has 4 aromatic rings. The Labute approximate surface area is 163 Å². The second-order valence-electron chi connectivity index (χ2n) is 6.98. The van der Waals surface area contributed by atoms with Crippen molar-refractivity contribution in [2.24, 2.45) is 7.05 Å². The van der Waals surface area contributed by atoms with Crippen molar-refractivity contribution < 1.29 is 4.74 Å². The van der Waals surface area contributed by atoms with Crippen LogP contribution in [0.25, 0.3) is 16.8 Å². The summed E-state index contributed by atoms with van der Waals surface area (Å²) in [5.41, 5.74) is 6.35. The molecule has 0 aliphatic carbocycles. The topological polar surface area (TPSA) is 51.9 Å². The molecule has 0 aliphatic rings. The molecule has 0 bridgehead atoms. The summed E-state index contributed by atoms with van der Waals surface area (Å²) in [6.45, 7) is 4.51. The lowest BCUT2D eigenvalue weighted by atomic mass is 10.0. The maximum absolute atomic E-state index is 12.1. The summed E-state index contributed by atoms with van der Waals surface area (Å²) in [5.74, 6) is 0.811. The molecule has 0 spiro atoms. The van der Waals surface area contributed by atoms with Crippen LogP contribution in [0.1, 0.15) is 16.7 Å². The molecule has 3 aromatic carbocycles. The van der Waals surface area contributed by atoms with E-state index >= 15 is 0 Å². The average Bonchev–Trinajstić information content (AvgIpc) is 2.71. The van der Waals surface area contributed by atoms with Crippen molar-refractivity contribution in [1.29, 1.82) is 0 Å². The third-order valence-electron chi connectivity index (χ3n) is 5.02. The second-order valence-corrected chi connectivity index (χ2v) is 6.98. The van der Waals surface area contributed by atoms with Crippen molar-refractivity contribution in [2.75, 3.05) is 0 Å². The molecule has 0 unspecified atom stereocenters. The Hall–Kier alpha value is -3.47. The van der Waals surface area contributed by atoms with Gasteiger partial charge in [-0.25, -0.2) is 14.7 Å². The van der Waals surface area contributed by atoms with Gasteiger partial charge in [-0.2, -0.15) is 4.68 Å². The summed E-state index contributed by atoms with van der Waals surface area (Å²) in [6, 6.07) is 22.4. The molecular formula is C23H23N3O2. The van der Waals surface area contributed by atoms with E-state index in [0.29, 0.717) is 6.61 Å². The van der Waals surface area contributed by atoms with Crippen molar-refractivity contribution in [1.82, 2.24) is 14.6 Å². The molecule has 5 nitrogen and oxygen atoms in total. The molecule has 1 aromatic heterocycles. The van der Waals surface area contributed by atoms with Gasteiger partial charge in [-0.15, -0.1) is 0 Å². The zero-order chi connectivity index (χ0) is 19.7. The number of ether oxygens (including phenoxy) is 1. The van der Waals surface area contributed by atoms with Gasteiger partial charge >= 0.3 is 5.69 Å². The molecule has 28 heavy (non-hydrogen) atoms. The van der Waals surface area contributed by atoms with Crippen LogP contribution >= 0.6 is 0 Å². The molecule has 0 saturated heterocycles. The van der Waals surface area contributed by atoms with Crippen molar-refractivity contribution in [2.45, 2.75) is 20.5 Å². The highest BCUT2D eigenvalue weighted by molar-refractivity contribution is 5.68. The Bertz CT molecular complexity index is 1170. The smallest absolute Gasteiger partial charge is 0.364 e. The summed E-state index contributed by atoms with van der Waals surface area (Å²) in [7, 11) is 1.70. The van der Waals surface area contributed by atoms with Crippen molar-refractivity contribution in [3.63, 3.8) is 0 Å². The molecule has 0 radical (unpaired) electrons. The van der Waals surface area contributed by atoms with Crippen LogP contribution in [-0.4, -0.2) is 14.6 Å². The van der Waals surface area contributed by atoms with Crippen LogP contribution in [0, 0.1) is 13.8 Å². The first-order chi connectivity index (χ1) is 13.5. The minimum absolute atomic E-state index is 0.0880. The average molecular weight is 373 g/mol. The molecular weight excluding hydrogens is 350 g/mol. The lowest BCUT2D eigenvalue weighted by molar-refractivity contribution is 0.303. The van der Waals surface area contributed by atoms with Gasteiger partial charge < -0.3 is 4.74 Å². The van der Waals surface area contributed by atoms with Crippen LogP contribution in [0.2, 0.25) is 0 Å². The summed E-state index contributed by atoms with van der Waals surface area (Å²) < 4.78 is 9.07. The van der Waals surface area contributed by atoms with Crippen LogP contribution in [0.4, 0.5) is 0 Å². The maximum atomic E-state index is 12.1. The molecule has 0 aliphatic heterocycles. The third kappa shape index (κ3) is 3.27. The van der Waals surface area contributed by atoms with E-state index in [2.05, 4.69) is 36.4 Å². The van der Waals surface area contributed by atoms with E-state index in [4.69, 9.17) is 4.74 Å².